The van der Waals surface area contributed by atoms with Gasteiger partial charge in [-0.1, -0.05) is 97.6 Å². The number of benzene rings is 5. The Balaban J connectivity index is 1.35. The van der Waals surface area contributed by atoms with Crippen molar-refractivity contribution in [1.82, 2.24) is 4.57 Å². The van der Waals surface area contributed by atoms with Crippen molar-refractivity contribution in [2.75, 3.05) is 5.32 Å². The molecule has 1 aromatic heterocycles. The third-order valence-electron chi connectivity index (χ3n) is 6.95. The maximum Gasteiger partial charge on any atom is 0.0538 e. The van der Waals surface area contributed by atoms with E-state index in [4.69, 9.17) is 0 Å². The normalized spacial score (nSPS) is 10.9. The molecule has 0 fully saturated rings. The van der Waals surface area contributed by atoms with Gasteiger partial charge in [-0.05, 0) is 71.6 Å². The van der Waals surface area contributed by atoms with Crippen LogP contribution in [0.15, 0.2) is 134 Å². The zero-order valence-electron chi connectivity index (χ0n) is 20.9. The molecule has 2 nitrogen and oxygen atoms in total. The molecule has 1 N–H and O–H groups in total. The molecule has 178 valence electrons. The van der Waals surface area contributed by atoms with Crippen LogP contribution in [0.4, 0.5) is 11.4 Å². The minimum Gasteiger partial charge on any atom is -0.355 e. The van der Waals surface area contributed by atoms with Gasteiger partial charge in [-0.3, -0.25) is 0 Å². The summed E-state index contributed by atoms with van der Waals surface area (Å²) >= 11 is 0. The van der Waals surface area contributed by atoms with Crippen LogP contribution in [-0.4, -0.2) is 4.57 Å². The van der Waals surface area contributed by atoms with Gasteiger partial charge in [-0.15, -0.1) is 0 Å². The van der Waals surface area contributed by atoms with Gasteiger partial charge in [0.15, 0.2) is 0 Å². The van der Waals surface area contributed by atoms with Gasteiger partial charge in [-0.25, -0.2) is 0 Å². The van der Waals surface area contributed by atoms with Crippen LogP contribution >= 0.6 is 0 Å². The van der Waals surface area contributed by atoms with E-state index in [1.807, 2.05) is 12.1 Å². The summed E-state index contributed by atoms with van der Waals surface area (Å²) in [5.41, 5.74) is 11.6. The minimum atomic E-state index is 1.05. The van der Waals surface area contributed by atoms with E-state index < -0.39 is 0 Å². The Morgan fingerprint density at radius 1 is 0.595 bits per heavy atom. The molecular formula is C35H28N2. The highest BCUT2D eigenvalue weighted by molar-refractivity contribution is 5.95. The molecule has 0 radical (unpaired) electrons. The molecule has 6 rings (SSSR count). The summed E-state index contributed by atoms with van der Waals surface area (Å²) in [5, 5.41) is 4.79. The van der Waals surface area contributed by atoms with E-state index in [1.54, 1.807) is 0 Å². The maximum absolute atomic E-state index is 4.13. The average molecular weight is 477 g/mol. The second-order valence-corrected chi connectivity index (χ2v) is 9.26. The Hall–Kier alpha value is -4.82. The third kappa shape index (κ3) is 4.34. The van der Waals surface area contributed by atoms with Gasteiger partial charge in [-0.2, -0.15) is 0 Å². The second-order valence-electron chi connectivity index (χ2n) is 9.26. The molecule has 2 heteroatoms. The molecule has 37 heavy (non-hydrogen) atoms. The summed E-state index contributed by atoms with van der Waals surface area (Å²) in [4.78, 5) is 0. The molecule has 0 saturated carbocycles. The third-order valence-corrected chi connectivity index (χ3v) is 6.95. The number of hydrogen-bond acceptors (Lipinski definition) is 1. The molecule has 0 bridgehead atoms. The van der Waals surface area contributed by atoms with E-state index in [-0.39, 0.29) is 0 Å². The number of nitrogens with one attached hydrogen (secondary N) is 1. The van der Waals surface area contributed by atoms with Crippen molar-refractivity contribution in [3.8, 4) is 27.9 Å². The van der Waals surface area contributed by atoms with Crippen molar-refractivity contribution < 1.29 is 0 Å². The first-order chi connectivity index (χ1) is 18.2. The predicted octanol–water partition coefficient (Wildman–Crippen LogP) is 9.66. The molecule has 6 aromatic rings. The number of fused-ring (bicyclic) bond motifs is 1. The monoisotopic (exact) mass is 476 g/mol. The van der Waals surface area contributed by atoms with Crippen molar-refractivity contribution in [3.05, 3.63) is 145 Å². The van der Waals surface area contributed by atoms with Crippen LogP contribution in [0, 0.1) is 6.92 Å². The van der Waals surface area contributed by atoms with Crippen molar-refractivity contribution in [2.24, 2.45) is 0 Å². The molecule has 0 aliphatic heterocycles. The summed E-state index contributed by atoms with van der Waals surface area (Å²) in [6.07, 6.45) is 1.97. The molecular weight excluding hydrogens is 448 g/mol. The Labute approximate surface area is 218 Å². The highest BCUT2D eigenvalue weighted by Gasteiger charge is 2.15. The van der Waals surface area contributed by atoms with E-state index >= 15 is 0 Å². The van der Waals surface area contributed by atoms with Crippen molar-refractivity contribution >= 4 is 28.4 Å². The lowest BCUT2D eigenvalue weighted by Gasteiger charge is -2.13. The summed E-state index contributed by atoms with van der Waals surface area (Å²) in [6, 6.07) is 44.8. The lowest BCUT2D eigenvalue weighted by atomic mass is 10.0. The number of anilines is 2. The Morgan fingerprint density at radius 3 is 1.89 bits per heavy atom. The van der Waals surface area contributed by atoms with Crippen LogP contribution in [0.5, 0.6) is 0 Å². The molecule has 0 spiro atoms. The Bertz CT molecular complexity index is 1690. The fraction of sp³-hybridized carbons (Fsp3) is 0.0286. The maximum atomic E-state index is 4.13. The van der Waals surface area contributed by atoms with Gasteiger partial charge in [0.1, 0.15) is 0 Å². The van der Waals surface area contributed by atoms with Gasteiger partial charge in [0, 0.05) is 33.7 Å². The predicted molar refractivity (Wildman–Crippen MR) is 159 cm³/mol. The molecule has 0 saturated heterocycles. The summed E-state index contributed by atoms with van der Waals surface area (Å²) < 4.78 is 2.32. The lowest BCUT2D eigenvalue weighted by molar-refractivity contribution is 1.05. The molecule has 0 unspecified atom stereocenters. The molecule has 5 aromatic carbocycles. The highest BCUT2D eigenvalue weighted by Crippen LogP contribution is 2.34. The smallest absolute Gasteiger partial charge is 0.0538 e. The van der Waals surface area contributed by atoms with Crippen molar-refractivity contribution in [1.29, 1.82) is 0 Å². The molecule has 0 aliphatic carbocycles. The van der Waals surface area contributed by atoms with E-state index in [0.717, 1.165) is 17.1 Å². The summed E-state index contributed by atoms with van der Waals surface area (Å²) in [7, 11) is 0. The molecule has 1 heterocycles. The molecule has 0 amide bonds. The Kier molecular flexibility index (Phi) is 5.92. The molecule has 0 aliphatic rings. The first-order valence-electron chi connectivity index (χ1n) is 12.6. The van der Waals surface area contributed by atoms with Gasteiger partial charge in [0.25, 0.3) is 0 Å². The van der Waals surface area contributed by atoms with Gasteiger partial charge < -0.3 is 9.88 Å². The Morgan fingerprint density at radius 2 is 1.22 bits per heavy atom. The van der Waals surface area contributed by atoms with Crippen LogP contribution < -0.4 is 5.32 Å². The molecule has 0 atom stereocenters. The summed E-state index contributed by atoms with van der Waals surface area (Å²) in [6.45, 7) is 6.30. The quantitative estimate of drug-likeness (QED) is 0.253. The van der Waals surface area contributed by atoms with E-state index in [2.05, 4.69) is 145 Å². The standard InChI is InChI=1S/C35H28N2/c1-3-33-25(2)37(35-22-19-29(23-34(33)35)27-13-8-5-9-14-27)32-16-10-15-31(24-32)36-30-20-17-28(18-21-30)26-11-6-4-7-12-26/h3-24,36H,1H2,2H3. The SMILES string of the molecule is C=Cc1c(C)n(-c2cccc(Nc3ccc(-c4ccccc4)cc3)c2)c2ccc(-c3ccccc3)cc12. The first kappa shape index (κ1) is 22.6. The topological polar surface area (TPSA) is 17.0 Å². The largest absolute Gasteiger partial charge is 0.355 e. The van der Waals surface area contributed by atoms with E-state index in [1.165, 1.54) is 44.4 Å². The van der Waals surface area contributed by atoms with Crippen LogP contribution in [0.3, 0.4) is 0 Å². The van der Waals surface area contributed by atoms with Crippen LogP contribution in [0.2, 0.25) is 0 Å². The van der Waals surface area contributed by atoms with Crippen molar-refractivity contribution in [2.45, 2.75) is 6.92 Å². The zero-order valence-corrected chi connectivity index (χ0v) is 20.9. The lowest BCUT2D eigenvalue weighted by Crippen LogP contribution is -1.98. The van der Waals surface area contributed by atoms with E-state index in [0.29, 0.717) is 0 Å². The van der Waals surface area contributed by atoms with Gasteiger partial charge in [0.05, 0.1) is 5.52 Å². The number of rotatable bonds is 6. The zero-order chi connectivity index (χ0) is 25.2. The second kappa shape index (κ2) is 9.67. The fourth-order valence-electron chi connectivity index (χ4n) is 5.11. The summed E-state index contributed by atoms with van der Waals surface area (Å²) in [5.74, 6) is 0. The highest BCUT2D eigenvalue weighted by atomic mass is 15.0. The van der Waals surface area contributed by atoms with Crippen LogP contribution in [0.25, 0.3) is 44.9 Å². The van der Waals surface area contributed by atoms with Crippen molar-refractivity contribution in [3.63, 3.8) is 0 Å². The van der Waals surface area contributed by atoms with Gasteiger partial charge >= 0.3 is 0 Å². The first-order valence-corrected chi connectivity index (χ1v) is 12.6. The van der Waals surface area contributed by atoms with Crippen LogP contribution in [-0.2, 0) is 0 Å². The number of nitrogens with zero attached hydrogens (tertiary/aromatic N) is 1. The van der Waals surface area contributed by atoms with Crippen LogP contribution in [0.1, 0.15) is 11.3 Å². The van der Waals surface area contributed by atoms with E-state index in [9.17, 15) is 0 Å². The average Bonchev–Trinajstić information content (AvgIpc) is 3.24. The van der Waals surface area contributed by atoms with Gasteiger partial charge in [0.2, 0.25) is 0 Å². The fourth-order valence-corrected chi connectivity index (χ4v) is 5.11. The minimum absolute atomic E-state index is 1.05. The number of aromatic nitrogens is 1. The number of hydrogen-bond donors (Lipinski definition) is 1.